The molecule has 0 aliphatic carbocycles. The third-order valence-electron chi connectivity index (χ3n) is 2.00. The molecule has 0 fully saturated rings. The van der Waals surface area contributed by atoms with Crippen LogP contribution in [0.5, 0.6) is 11.5 Å². The lowest BCUT2D eigenvalue weighted by molar-refractivity contribution is 0.323. The first-order chi connectivity index (χ1) is 10.4. The standard InChI is InChI=1S/C13H13O3P.2C2H6/c1-14-17(15-12-8-4-2-5-9-12)16-13-10-6-3-7-11-13;2*1-2/h2-11H,1H3;2*1-2H3. The molecule has 0 heterocycles. The molecule has 116 valence electrons. The van der Waals surface area contributed by atoms with Crippen LogP contribution in [-0.4, -0.2) is 7.11 Å². The van der Waals surface area contributed by atoms with Crippen LogP contribution in [0.15, 0.2) is 60.7 Å². The van der Waals surface area contributed by atoms with Gasteiger partial charge >= 0.3 is 8.60 Å². The molecular weight excluding hydrogens is 283 g/mol. The molecule has 0 bridgehead atoms. The molecule has 0 amide bonds. The van der Waals surface area contributed by atoms with Crippen LogP contribution < -0.4 is 9.05 Å². The zero-order valence-corrected chi connectivity index (χ0v) is 14.3. The van der Waals surface area contributed by atoms with Crippen molar-refractivity contribution in [3.63, 3.8) is 0 Å². The number of para-hydroxylation sites is 2. The van der Waals surface area contributed by atoms with E-state index in [-0.39, 0.29) is 0 Å². The van der Waals surface area contributed by atoms with Crippen LogP contribution in [0.1, 0.15) is 27.7 Å². The van der Waals surface area contributed by atoms with Crippen molar-refractivity contribution in [2.24, 2.45) is 0 Å². The smallest absolute Gasteiger partial charge is 0.418 e. The summed E-state index contributed by atoms with van der Waals surface area (Å²) in [5.74, 6) is 1.47. The molecule has 3 nitrogen and oxygen atoms in total. The molecule has 2 aromatic carbocycles. The number of hydrogen-bond donors (Lipinski definition) is 0. The summed E-state index contributed by atoms with van der Waals surface area (Å²) in [6.07, 6.45) is 0. The molecule has 2 aromatic rings. The van der Waals surface area contributed by atoms with Gasteiger partial charge in [0.2, 0.25) is 0 Å². The fourth-order valence-corrected chi connectivity index (χ4v) is 2.00. The van der Waals surface area contributed by atoms with Gasteiger partial charge in [0.1, 0.15) is 11.5 Å². The molecule has 0 aliphatic rings. The second-order valence-corrected chi connectivity index (χ2v) is 4.39. The molecule has 21 heavy (non-hydrogen) atoms. The van der Waals surface area contributed by atoms with Crippen molar-refractivity contribution in [3.05, 3.63) is 60.7 Å². The summed E-state index contributed by atoms with van der Waals surface area (Å²) in [7, 11) is 0.156. The van der Waals surface area contributed by atoms with Crippen molar-refractivity contribution in [3.8, 4) is 11.5 Å². The molecule has 0 aliphatic heterocycles. The molecule has 0 aromatic heterocycles. The third kappa shape index (κ3) is 8.34. The van der Waals surface area contributed by atoms with Gasteiger partial charge in [-0.05, 0) is 24.3 Å². The van der Waals surface area contributed by atoms with Crippen LogP contribution in [0.25, 0.3) is 0 Å². The lowest BCUT2D eigenvalue weighted by atomic mass is 10.3. The lowest BCUT2D eigenvalue weighted by Gasteiger charge is -2.15. The monoisotopic (exact) mass is 308 g/mol. The highest BCUT2D eigenvalue weighted by molar-refractivity contribution is 7.42. The minimum atomic E-state index is -1.41. The fourth-order valence-electron chi connectivity index (χ4n) is 1.23. The minimum Gasteiger partial charge on any atom is -0.418 e. The van der Waals surface area contributed by atoms with Gasteiger partial charge in [-0.25, -0.2) is 0 Å². The van der Waals surface area contributed by atoms with E-state index < -0.39 is 8.60 Å². The predicted octanol–water partition coefficient (Wildman–Crippen LogP) is 6.07. The van der Waals surface area contributed by atoms with Gasteiger partial charge in [0.15, 0.2) is 0 Å². The molecule has 0 radical (unpaired) electrons. The second kappa shape index (κ2) is 13.4. The van der Waals surface area contributed by atoms with E-state index in [0.29, 0.717) is 0 Å². The third-order valence-corrected chi connectivity index (χ3v) is 3.01. The van der Waals surface area contributed by atoms with Crippen LogP contribution in [0.2, 0.25) is 0 Å². The number of hydrogen-bond acceptors (Lipinski definition) is 3. The van der Waals surface area contributed by atoms with E-state index in [2.05, 4.69) is 0 Å². The lowest BCUT2D eigenvalue weighted by Crippen LogP contribution is -1.96. The Kier molecular flexibility index (Phi) is 12.4. The predicted molar refractivity (Wildman–Crippen MR) is 90.8 cm³/mol. The summed E-state index contributed by atoms with van der Waals surface area (Å²) >= 11 is 0. The zero-order chi connectivity index (χ0) is 15.9. The van der Waals surface area contributed by atoms with Crippen LogP contribution in [-0.2, 0) is 4.52 Å². The van der Waals surface area contributed by atoms with Crippen molar-refractivity contribution in [1.29, 1.82) is 0 Å². The van der Waals surface area contributed by atoms with E-state index in [1.165, 1.54) is 0 Å². The normalized spacial score (nSPS) is 8.86. The van der Waals surface area contributed by atoms with Crippen LogP contribution in [0.4, 0.5) is 0 Å². The van der Waals surface area contributed by atoms with E-state index >= 15 is 0 Å². The Morgan fingerprint density at radius 2 is 0.952 bits per heavy atom. The van der Waals surface area contributed by atoms with E-state index in [4.69, 9.17) is 13.6 Å². The Bertz CT molecular complexity index is 393. The van der Waals surface area contributed by atoms with Gasteiger partial charge < -0.3 is 9.05 Å². The van der Waals surface area contributed by atoms with Gasteiger partial charge in [-0.1, -0.05) is 64.1 Å². The maximum Gasteiger partial charge on any atom is 0.462 e. The van der Waals surface area contributed by atoms with Crippen molar-refractivity contribution in [1.82, 2.24) is 0 Å². The fraction of sp³-hybridized carbons (Fsp3) is 0.294. The Hall–Kier alpha value is -1.57. The summed E-state index contributed by atoms with van der Waals surface area (Å²) in [6, 6.07) is 18.9. The van der Waals surface area contributed by atoms with Gasteiger partial charge in [0.05, 0.1) is 0 Å². The summed E-state index contributed by atoms with van der Waals surface area (Å²) in [4.78, 5) is 0. The molecule has 0 unspecified atom stereocenters. The Labute approximate surface area is 129 Å². The van der Waals surface area contributed by atoms with E-state index in [0.717, 1.165) is 11.5 Å². The van der Waals surface area contributed by atoms with Crippen molar-refractivity contribution in [2.75, 3.05) is 7.11 Å². The Balaban J connectivity index is 0.000000921. The summed E-state index contributed by atoms with van der Waals surface area (Å²) < 4.78 is 16.4. The van der Waals surface area contributed by atoms with Gasteiger partial charge in [0, 0.05) is 7.11 Å². The molecular formula is C17H25O3P. The van der Waals surface area contributed by atoms with Crippen molar-refractivity contribution >= 4 is 8.60 Å². The first kappa shape index (κ1) is 19.4. The summed E-state index contributed by atoms with van der Waals surface area (Å²) in [5, 5.41) is 0. The van der Waals surface area contributed by atoms with Crippen molar-refractivity contribution in [2.45, 2.75) is 27.7 Å². The topological polar surface area (TPSA) is 27.7 Å². The van der Waals surface area contributed by atoms with E-state index in [1.807, 2.05) is 88.4 Å². The average Bonchev–Trinajstić information content (AvgIpc) is 2.60. The molecule has 4 heteroatoms. The van der Waals surface area contributed by atoms with Gasteiger partial charge in [0.25, 0.3) is 0 Å². The quantitative estimate of drug-likeness (QED) is 0.627. The highest BCUT2D eigenvalue weighted by Gasteiger charge is 2.14. The van der Waals surface area contributed by atoms with Crippen LogP contribution in [0.3, 0.4) is 0 Å². The highest BCUT2D eigenvalue weighted by atomic mass is 31.2. The first-order valence-electron chi connectivity index (χ1n) is 7.19. The molecule has 2 rings (SSSR count). The zero-order valence-electron chi connectivity index (χ0n) is 13.4. The molecule has 0 saturated heterocycles. The van der Waals surface area contributed by atoms with Gasteiger partial charge in [-0.2, -0.15) is 0 Å². The molecule has 0 atom stereocenters. The maximum absolute atomic E-state index is 5.59. The number of rotatable bonds is 5. The maximum atomic E-state index is 5.59. The molecule has 0 spiro atoms. The van der Waals surface area contributed by atoms with E-state index in [9.17, 15) is 0 Å². The van der Waals surface area contributed by atoms with Crippen LogP contribution >= 0.6 is 8.60 Å². The first-order valence-corrected chi connectivity index (χ1v) is 8.28. The molecule has 0 N–H and O–H groups in total. The second-order valence-electron chi connectivity index (χ2n) is 3.21. The minimum absolute atomic E-state index is 0.733. The van der Waals surface area contributed by atoms with Crippen LogP contribution in [0, 0.1) is 0 Å². The van der Waals surface area contributed by atoms with E-state index in [1.54, 1.807) is 7.11 Å². The average molecular weight is 308 g/mol. The summed E-state index contributed by atoms with van der Waals surface area (Å²) in [6.45, 7) is 8.00. The SMILES string of the molecule is CC.CC.COP(Oc1ccccc1)Oc1ccccc1. The Morgan fingerprint density at radius 1 is 0.619 bits per heavy atom. The largest absolute Gasteiger partial charge is 0.462 e. The van der Waals surface area contributed by atoms with Crippen molar-refractivity contribution < 1.29 is 13.6 Å². The molecule has 0 saturated carbocycles. The summed E-state index contributed by atoms with van der Waals surface area (Å²) in [5.41, 5.74) is 0. The Morgan fingerprint density at radius 3 is 1.24 bits per heavy atom. The van der Waals surface area contributed by atoms with Gasteiger partial charge in [-0.3, -0.25) is 4.52 Å². The highest BCUT2D eigenvalue weighted by Crippen LogP contribution is 2.40. The number of benzene rings is 2. The van der Waals surface area contributed by atoms with Gasteiger partial charge in [-0.15, -0.1) is 0 Å².